The van der Waals surface area contributed by atoms with Gasteiger partial charge in [-0.05, 0) is 47.8 Å². The number of carbonyl (C=O) groups is 1. The first-order valence-electron chi connectivity index (χ1n) is 7.88. The molecule has 0 unspecified atom stereocenters. The van der Waals surface area contributed by atoms with E-state index in [0.29, 0.717) is 0 Å². The zero-order chi connectivity index (χ0) is 15.4. The third kappa shape index (κ3) is 4.33. The molecule has 1 aliphatic heterocycles. The minimum Gasteiger partial charge on any atom is -0.343 e. The van der Waals surface area contributed by atoms with E-state index < -0.39 is 0 Å². The van der Waals surface area contributed by atoms with Crippen molar-refractivity contribution in [1.82, 2.24) is 14.4 Å². The highest BCUT2D eigenvalue weighted by Crippen LogP contribution is 2.18. The Kier molecular flexibility index (Phi) is 5.88. The molecule has 0 atom stereocenters. The Labute approximate surface area is 136 Å². The fourth-order valence-corrected chi connectivity index (χ4v) is 3.16. The number of nitrogens with zero attached hydrogens (tertiary/aromatic N) is 3. The Balaban J connectivity index is 1.91. The molecule has 1 aromatic rings. The Morgan fingerprint density at radius 3 is 2.52 bits per heavy atom. The third-order valence-corrected chi connectivity index (χ3v) is 4.54. The highest BCUT2D eigenvalue weighted by molar-refractivity contribution is 9.10. The van der Waals surface area contributed by atoms with Crippen LogP contribution in [0.25, 0.3) is 0 Å². The molecule has 1 amide bonds. The first-order valence-corrected chi connectivity index (χ1v) is 8.67. The van der Waals surface area contributed by atoms with E-state index >= 15 is 0 Å². The number of hydrogen-bond donors (Lipinski definition) is 0. The molecule has 118 valence electrons. The van der Waals surface area contributed by atoms with Crippen LogP contribution in [-0.2, 0) is 6.54 Å². The van der Waals surface area contributed by atoms with Gasteiger partial charge in [0.05, 0.1) is 0 Å². The lowest BCUT2D eigenvalue weighted by Crippen LogP contribution is -2.49. The molecular formula is C16H26BrN3O. The summed E-state index contributed by atoms with van der Waals surface area (Å²) in [6.45, 7) is 12.2. The lowest BCUT2D eigenvalue weighted by molar-refractivity contribution is 0.0621. The summed E-state index contributed by atoms with van der Waals surface area (Å²) in [6, 6.07) is 1.93. The van der Waals surface area contributed by atoms with Crippen LogP contribution in [0.5, 0.6) is 0 Å². The maximum absolute atomic E-state index is 12.6. The van der Waals surface area contributed by atoms with E-state index in [1.165, 1.54) is 6.42 Å². The normalized spacial score (nSPS) is 16.7. The summed E-state index contributed by atoms with van der Waals surface area (Å²) in [5.74, 6) is 0.904. The molecule has 1 fully saturated rings. The van der Waals surface area contributed by atoms with Gasteiger partial charge in [-0.15, -0.1) is 0 Å². The predicted molar refractivity (Wildman–Crippen MR) is 89.6 cm³/mol. The van der Waals surface area contributed by atoms with Gasteiger partial charge in [0, 0.05) is 43.4 Å². The zero-order valence-electron chi connectivity index (χ0n) is 13.3. The molecule has 1 aliphatic rings. The average molecular weight is 356 g/mol. The molecule has 2 rings (SSSR count). The summed E-state index contributed by atoms with van der Waals surface area (Å²) in [7, 11) is 0. The van der Waals surface area contributed by atoms with Crippen LogP contribution in [0.15, 0.2) is 16.7 Å². The van der Waals surface area contributed by atoms with Gasteiger partial charge in [-0.1, -0.05) is 13.8 Å². The number of halogens is 1. The fraction of sp³-hybridized carbons (Fsp3) is 0.688. The predicted octanol–water partition coefficient (Wildman–Crippen LogP) is 3.07. The van der Waals surface area contributed by atoms with Gasteiger partial charge in [0.2, 0.25) is 0 Å². The molecule has 0 radical (unpaired) electrons. The van der Waals surface area contributed by atoms with Crippen molar-refractivity contribution in [3.63, 3.8) is 0 Å². The average Bonchev–Trinajstić information content (AvgIpc) is 2.86. The van der Waals surface area contributed by atoms with Crippen LogP contribution in [0.2, 0.25) is 0 Å². The highest BCUT2D eigenvalue weighted by atomic mass is 79.9. The van der Waals surface area contributed by atoms with Gasteiger partial charge >= 0.3 is 0 Å². The summed E-state index contributed by atoms with van der Waals surface area (Å²) in [6.07, 6.45) is 3.21. The van der Waals surface area contributed by atoms with Gasteiger partial charge < -0.3 is 9.47 Å². The van der Waals surface area contributed by atoms with Gasteiger partial charge in [-0.25, -0.2) is 0 Å². The molecule has 0 spiro atoms. The van der Waals surface area contributed by atoms with E-state index in [1.54, 1.807) is 0 Å². The molecule has 5 heteroatoms. The number of hydrogen-bond acceptors (Lipinski definition) is 2. The van der Waals surface area contributed by atoms with E-state index in [-0.39, 0.29) is 5.91 Å². The summed E-state index contributed by atoms with van der Waals surface area (Å²) < 4.78 is 2.99. The van der Waals surface area contributed by atoms with Crippen molar-refractivity contribution in [2.75, 3.05) is 32.7 Å². The van der Waals surface area contributed by atoms with Crippen LogP contribution in [0.1, 0.15) is 37.7 Å². The first kappa shape index (κ1) is 16.6. The van der Waals surface area contributed by atoms with Crippen LogP contribution >= 0.6 is 15.9 Å². The second-order valence-corrected chi connectivity index (χ2v) is 7.06. The lowest BCUT2D eigenvalue weighted by atomic mass is 10.1. The molecule has 1 aromatic heterocycles. The summed E-state index contributed by atoms with van der Waals surface area (Å²) in [5, 5.41) is 0. The largest absolute Gasteiger partial charge is 0.343 e. The second kappa shape index (κ2) is 7.45. The summed E-state index contributed by atoms with van der Waals surface area (Å²) in [5.41, 5.74) is 0.792. The molecule has 0 saturated carbocycles. The summed E-state index contributed by atoms with van der Waals surface area (Å²) in [4.78, 5) is 17.1. The molecule has 0 aromatic carbocycles. The number of rotatable bonds is 5. The topological polar surface area (TPSA) is 28.5 Å². The molecule has 4 nitrogen and oxygen atoms in total. The van der Waals surface area contributed by atoms with E-state index in [0.717, 1.165) is 55.4 Å². The standard InChI is InChI=1S/C16H26BrN3O/c1-4-19-12-14(17)11-15(19)16(21)20-9-7-18(8-10-20)6-5-13(2)3/h11-13H,4-10H2,1-3H3. The Morgan fingerprint density at radius 2 is 1.95 bits per heavy atom. The number of aromatic nitrogens is 1. The maximum atomic E-state index is 12.6. The van der Waals surface area contributed by atoms with Crippen LogP contribution < -0.4 is 0 Å². The molecule has 21 heavy (non-hydrogen) atoms. The molecule has 1 saturated heterocycles. The van der Waals surface area contributed by atoms with Crippen molar-refractivity contribution >= 4 is 21.8 Å². The molecule has 0 aliphatic carbocycles. The maximum Gasteiger partial charge on any atom is 0.270 e. The Morgan fingerprint density at radius 1 is 1.29 bits per heavy atom. The van der Waals surface area contributed by atoms with Crippen molar-refractivity contribution in [1.29, 1.82) is 0 Å². The smallest absolute Gasteiger partial charge is 0.270 e. The summed E-state index contributed by atoms with van der Waals surface area (Å²) >= 11 is 3.46. The number of aryl methyl sites for hydroxylation is 1. The monoisotopic (exact) mass is 355 g/mol. The van der Waals surface area contributed by atoms with E-state index in [2.05, 4.69) is 41.6 Å². The van der Waals surface area contributed by atoms with Crippen LogP contribution in [0.3, 0.4) is 0 Å². The van der Waals surface area contributed by atoms with Crippen LogP contribution in [-0.4, -0.2) is 53.0 Å². The first-order chi connectivity index (χ1) is 10.0. The van der Waals surface area contributed by atoms with Gasteiger partial charge in [-0.3, -0.25) is 9.69 Å². The number of carbonyl (C=O) groups excluding carboxylic acids is 1. The van der Waals surface area contributed by atoms with Gasteiger partial charge in [-0.2, -0.15) is 0 Å². The minimum atomic E-state index is 0.158. The zero-order valence-corrected chi connectivity index (χ0v) is 14.9. The van der Waals surface area contributed by atoms with E-state index in [9.17, 15) is 4.79 Å². The van der Waals surface area contributed by atoms with Gasteiger partial charge in [0.15, 0.2) is 0 Å². The Hall–Kier alpha value is -0.810. The quantitative estimate of drug-likeness (QED) is 0.811. The molecule has 0 bridgehead atoms. The molecule has 2 heterocycles. The van der Waals surface area contributed by atoms with E-state index in [1.807, 2.05) is 21.7 Å². The number of piperazine rings is 1. The van der Waals surface area contributed by atoms with Crippen molar-refractivity contribution in [2.45, 2.75) is 33.7 Å². The van der Waals surface area contributed by atoms with Crippen molar-refractivity contribution in [3.05, 3.63) is 22.4 Å². The van der Waals surface area contributed by atoms with Crippen LogP contribution in [0.4, 0.5) is 0 Å². The van der Waals surface area contributed by atoms with Gasteiger partial charge in [0.1, 0.15) is 5.69 Å². The van der Waals surface area contributed by atoms with Gasteiger partial charge in [0.25, 0.3) is 5.91 Å². The molecular weight excluding hydrogens is 330 g/mol. The fourth-order valence-electron chi connectivity index (χ4n) is 2.69. The van der Waals surface area contributed by atoms with Crippen molar-refractivity contribution in [3.8, 4) is 0 Å². The van der Waals surface area contributed by atoms with Crippen LogP contribution in [0, 0.1) is 5.92 Å². The second-order valence-electron chi connectivity index (χ2n) is 6.15. The Bertz CT molecular complexity index is 476. The third-order valence-electron chi connectivity index (χ3n) is 4.11. The van der Waals surface area contributed by atoms with Crippen molar-refractivity contribution in [2.24, 2.45) is 5.92 Å². The lowest BCUT2D eigenvalue weighted by Gasteiger charge is -2.35. The molecule has 0 N–H and O–H groups in total. The van der Waals surface area contributed by atoms with Crippen molar-refractivity contribution < 1.29 is 4.79 Å². The number of amides is 1. The van der Waals surface area contributed by atoms with E-state index in [4.69, 9.17) is 0 Å². The SMILES string of the molecule is CCn1cc(Br)cc1C(=O)N1CCN(CCC(C)C)CC1. The highest BCUT2D eigenvalue weighted by Gasteiger charge is 2.24. The minimum absolute atomic E-state index is 0.158.